The number of carbonyl (C=O) groups excluding carboxylic acids is 2. The molecule has 0 aliphatic carbocycles. The molecule has 1 aliphatic heterocycles. The number of hydrogen-bond acceptors (Lipinski definition) is 4. The van der Waals surface area contributed by atoms with Gasteiger partial charge in [0.1, 0.15) is 0 Å². The van der Waals surface area contributed by atoms with E-state index in [1.54, 1.807) is 32.0 Å². The van der Waals surface area contributed by atoms with Gasteiger partial charge in [-0.2, -0.15) is 0 Å². The van der Waals surface area contributed by atoms with Crippen LogP contribution in [0.25, 0.3) is 0 Å². The monoisotopic (exact) mass is 368 g/mol. The number of hydrogen-bond donors (Lipinski definition) is 4. The molecule has 1 heterocycles. The molecule has 1 aromatic rings. The molecule has 4 N–H and O–H groups in total. The summed E-state index contributed by atoms with van der Waals surface area (Å²) in [7, 11) is -3.34. The topological polar surface area (TPSA) is 116 Å². The molecule has 138 valence electrons. The van der Waals surface area contributed by atoms with Crippen LogP contribution in [0.5, 0.6) is 0 Å². The van der Waals surface area contributed by atoms with Crippen LogP contribution in [0.3, 0.4) is 0 Å². The van der Waals surface area contributed by atoms with Crippen molar-refractivity contribution in [2.45, 2.75) is 45.7 Å². The highest BCUT2D eigenvalue weighted by Crippen LogP contribution is 2.21. The molecule has 8 nitrogen and oxygen atoms in total. The van der Waals surface area contributed by atoms with E-state index in [1.165, 1.54) is 0 Å². The Morgan fingerprint density at radius 1 is 1.36 bits per heavy atom. The van der Waals surface area contributed by atoms with Crippen molar-refractivity contribution in [2.24, 2.45) is 0 Å². The van der Waals surface area contributed by atoms with Crippen LogP contribution < -0.4 is 20.7 Å². The van der Waals surface area contributed by atoms with E-state index in [0.29, 0.717) is 29.8 Å². The van der Waals surface area contributed by atoms with E-state index in [-0.39, 0.29) is 29.8 Å². The molecule has 1 aliphatic rings. The lowest BCUT2D eigenvalue weighted by Crippen LogP contribution is -2.54. The fraction of sp³-hybridized carbons (Fsp3) is 0.500. The first-order chi connectivity index (χ1) is 11.7. The Kier molecular flexibility index (Phi) is 5.89. The smallest absolute Gasteiger partial charge is 0.319 e. The number of aryl methyl sites for hydroxylation is 1. The molecule has 2 rings (SSSR count). The molecule has 1 fully saturated rings. The van der Waals surface area contributed by atoms with Gasteiger partial charge in [0.15, 0.2) is 0 Å². The lowest BCUT2D eigenvalue weighted by atomic mass is 10.00. The number of carbonyl (C=O) groups is 2. The Morgan fingerprint density at radius 3 is 2.68 bits per heavy atom. The largest absolute Gasteiger partial charge is 0.352 e. The van der Waals surface area contributed by atoms with E-state index in [0.717, 1.165) is 0 Å². The molecule has 1 saturated heterocycles. The minimum atomic E-state index is -3.34. The Morgan fingerprint density at radius 2 is 2.08 bits per heavy atom. The number of sulfonamides is 1. The second-order valence-corrected chi connectivity index (χ2v) is 8.15. The Balaban J connectivity index is 1.97. The maximum absolute atomic E-state index is 12.1. The van der Waals surface area contributed by atoms with Gasteiger partial charge in [-0.05, 0) is 51.0 Å². The molecular weight excluding hydrogens is 344 g/mol. The third-order valence-electron chi connectivity index (χ3n) is 4.12. The summed E-state index contributed by atoms with van der Waals surface area (Å²) < 4.78 is 25.8. The lowest BCUT2D eigenvalue weighted by Gasteiger charge is -2.30. The highest BCUT2D eigenvalue weighted by Gasteiger charge is 2.26. The molecule has 1 aromatic carbocycles. The van der Waals surface area contributed by atoms with Crippen LogP contribution in [0.1, 0.15) is 32.3 Å². The SMILES string of the molecule is CCS(=O)(=O)Nc1ccc(NC(=O)NC2CCC(=O)NC2C)cc1C. The number of anilines is 2. The van der Waals surface area contributed by atoms with Gasteiger partial charge in [0.25, 0.3) is 0 Å². The maximum Gasteiger partial charge on any atom is 0.319 e. The first-order valence-corrected chi connectivity index (χ1v) is 9.83. The minimum Gasteiger partial charge on any atom is -0.352 e. The molecule has 25 heavy (non-hydrogen) atoms. The quantitative estimate of drug-likeness (QED) is 0.631. The molecule has 2 atom stereocenters. The van der Waals surface area contributed by atoms with Crippen LogP contribution >= 0.6 is 0 Å². The normalized spacial score (nSPS) is 20.5. The van der Waals surface area contributed by atoms with Gasteiger partial charge < -0.3 is 16.0 Å². The van der Waals surface area contributed by atoms with Crippen molar-refractivity contribution in [2.75, 3.05) is 15.8 Å². The summed E-state index contributed by atoms with van der Waals surface area (Å²) >= 11 is 0. The second-order valence-electron chi connectivity index (χ2n) is 6.14. The molecule has 0 radical (unpaired) electrons. The van der Waals surface area contributed by atoms with Gasteiger partial charge in [0, 0.05) is 18.2 Å². The molecule has 0 saturated carbocycles. The van der Waals surface area contributed by atoms with Gasteiger partial charge in [0.05, 0.1) is 17.5 Å². The highest BCUT2D eigenvalue weighted by molar-refractivity contribution is 7.92. The Bertz CT molecular complexity index is 763. The predicted molar refractivity (Wildman–Crippen MR) is 97.0 cm³/mol. The Hall–Kier alpha value is -2.29. The molecule has 0 aromatic heterocycles. The van der Waals surface area contributed by atoms with Crippen LogP contribution in [0.4, 0.5) is 16.2 Å². The van der Waals surface area contributed by atoms with Crippen molar-refractivity contribution in [3.8, 4) is 0 Å². The summed E-state index contributed by atoms with van der Waals surface area (Å²) in [4.78, 5) is 23.4. The average molecular weight is 368 g/mol. The molecule has 0 bridgehead atoms. The number of benzene rings is 1. The van der Waals surface area contributed by atoms with E-state index in [2.05, 4.69) is 20.7 Å². The van der Waals surface area contributed by atoms with E-state index in [9.17, 15) is 18.0 Å². The van der Waals surface area contributed by atoms with Gasteiger partial charge in [-0.25, -0.2) is 13.2 Å². The average Bonchev–Trinajstić information content (AvgIpc) is 2.53. The van der Waals surface area contributed by atoms with Crippen molar-refractivity contribution in [1.82, 2.24) is 10.6 Å². The predicted octanol–water partition coefficient (Wildman–Crippen LogP) is 1.55. The molecule has 2 unspecified atom stereocenters. The zero-order valence-electron chi connectivity index (χ0n) is 14.5. The van der Waals surface area contributed by atoms with Gasteiger partial charge in [0.2, 0.25) is 15.9 Å². The third kappa shape index (κ3) is 5.35. The summed E-state index contributed by atoms with van der Waals surface area (Å²) in [5.74, 6) is -0.0167. The van der Waals surface area contributed by atoms with Gasteiger partial charge in [-0.1, -0.05) is 0 Å². The summed E-state index contributed by atoms with van der Waals surface area (Å²) in [5, 5.41) is 8.36. The van der Waals surface area contributed by atoms with Crippen molar-refractivity contribution in [3.05, 3.63) is 23.8 Å². The van der Waals surface area contributed by atoms with E-state index >= 15 is 0 Å². The first kappa shape index (κ1) is 19.0. The Labute approximate surface area is 147 Å². The van der Waals surface area contributed by atoms with Gasteiger partial charge >= 0.3 is 6.03 Å². The number of urea groups is 1. The summed E-state index contributed by atoms with van der Waals surface area (Å²) in [6.45, 7) is 5.17. The summed E-state index contributed by atoms with van der Waals surface area (Å²) in [6.07, 6.45) is 0.984. The summed E-state index contributed by atoms with van der Waals surface area (Å²) in [5.41, 5.74) is 1.74. The van der Waals surface area contributed by atoms with Crippen molar-refractivity contribution >= 4 is 33.3 Å². The number of amides is 3. The van der Waals surface area contributed by atoms with E-state index in [1.807, 2.05) is 6.92 Å². The summed E-state index contributed by atoms with van der Waals surface area (Å²) in [6, 6.07) is 4.32. The van der Waals surface area contributed by atoms with Crippen LogP contribution in [-0.2, 0) is 14.8 Å². The highest BCUT2D eigenvalue weighted by atomic mass is 32.2. The van der Waals surface area contributed by atoms with Crippen LogP contribution in [0.2, 0.25) is 0 Å². The van der Waals surface area contributed by atoms with E-state index < -0.39 is 10.0 Å². The standard InChI is InChI=1S/C16H24N4O4S/c1-4-25(23,24)20-13-6-5-12(9-10(13)2)18-16(22)19-14-7-8-15(21)17-11(14)3/h5-6,9,11,14,20H,4,7-8H2,1-3H3,(H,17,21)(H2,18,19,22). The zero-order valence-corrected chi connectivity index (χ0v) is 15.4. The van der Waals surface area contributed by atoms with Crippen LogP contribution in [0.15, 0.2) is 18.2 Å². The van der Waals surface area contributed by atoms with Gasteiger partial charge in [-0.15, -0.1) is 0 Å². The minimum absolute atomic E-state index is 0.00768. The number of piperidine rings is 1. The van der Waals surface area contributed by atoms with Crippen molar-refractivity contribution < 1.29 is 18.0 Å². The molecule has 3 amide bonds. The molecule has 9 heteroatoms. The van der Waals surface area contributed by atoms with Crippen LogP contribution in [-0.4, -0.2) is 38.2 Å². The maximum atomic E-state index is 12.1. The second kappa shape index (κ2) is 7.73. The molecule has 0 spiro atoms. The van der Waals surface area contributed by atoms with Crippen molar-refractivity contribution in [1.29, 1.82) is 0 Å². The fourth-order valence-electron chi connectivity index (χ4n) is 2.59. The lowest BCUT2D eigenvalue weighted by molar-refractivity contribution is -0.123. The first-order valence-electron chi connectivity index (χ1n) is 8.18. The third-order valence-corrected chi connectivity index (χ3v) is 5.41. The number of nitrogens with one attached hydrogen (secondary N) is 4. The number of rotatable bonds is 5. The fourth-order valence-corrected chi connectivity index (χ4v) is 3.30. The van der Waals surface area contributed by atoms with Crippen molar-refractivity contribution in [3.63, 3.8) is 0 Å². The zero-order chi connectivity index (χ0) is 18.6. The van der Waals surface area contributed by atoms with Crippen LogP contribution in [0, 0.1) is 6.92 Å². The van der Waals surface area contributed by atoms with Gasteiger partial charge in [-0.3, -0.25) is 9.52 Å². The molecular formula is C16H24N4O4S. The van der Waals surface area contributed by atoms with E-state index in [4.69, 9.17) is 0 Å².